The number of carbonyl (C=O) groups is 2. The second-order valence-corrected chi connectivity index (χ2v) is 8.33. The van der Waals surface area contributed by atoms with Gasteiger partial charge in [-0.2, -0.15) is 0 Å². The molecule has 0 unspecified atom stereocenters. The Hall–Kier alpha value is -2.60. The van der Waals surface area contributed by atoms with Crippen molar-refractivity contribution in [3.63, 3.8) is 0 Å². The lowest BCUT2D eigenvalue weighted by molar-refractivity contribution is -0.144. The largest absolute Gasteiger partial charge is 0.480 e. The molecule has 1 saturated heterocycles. The van der Waals surface area contributed by atoms with Crippen molar-refractivity contribution in [2.75, 3.05) is 13.1 Å². The minimum Gasteiger partial charge on any atom is -0.480 e. The number of carboxylic acid groups (broad SMARTS) is 1. The molecule has 2 aromatic rings. The van der Waals surface area contributed by atoms with Gasteiger partial charge in [-0.1, -0.05) is 36.4 Å². The van der Waals surface area contributed by atoms with E-state index in [-0.39, 0.29) is 6.04 Å². The van der Waals surface area contributed by atoms with Crippen LogP contribution in [-0.2, 0) is 9.53 Å². The number of hydrogen-bond acceptors (Lipinski definition) is 4. The molecule has 0 aliphatic carbocycles. The highest BCUT2D eigenvalue weighted by Gasteiger charge is 2.33. The van der Waals surface area contributed by atoms with Crippen LogP contribution in [0.25, 0.3) is 10.8 Å². The summed E-state index contributed by atoms with van der Waals surface area (Å²) in [5.74, 6) is -0.881. The van der Waals surface area contributed by atoms with Crippen LogP contribution in [-0.4, -0.2) is 46.8 Å². The predicted octanol–water partition coefficient (Wildman–Crippen LogP) is 3.95. The van der Waals surface area contributed by atoms with E-state index in [1.54, 1.807) is 0 Å². The lowest BCUT2D eigenvalue weighted by atomic mass is 9.97. The second kappa shape index (κ2) is 8.19. The lowest BCUT2D eigenvalue weighted by Gasteiger charge is -2.37. The Labute approximate surface area is 165 Å². The van der Waals surface area contributed by atoms with Gasteiger partial charge in [-0.05, 0) is 62.6 Å². The summed E-state index contributed by atoms with van der Waals surface area (Å²) in [4.78, 5) is 26.1. The highest BCUT2D eigenvalue weighted by Crippen LogP contribution is 2.28. The molecule has 1 amide bonds. The molecule has 2 atom stereocenters. The Morgan fingerprint density at radius 1 is 1.18 bits per heavy atom. The van der Waals surface area contributed by atoms with Crippen LogP contribution in [0.2, 0.25) is 0 Å². The summed E-state index contributed by atoms with van der Waals surface area (Å²) in [6.45, 7) is 6.61. The first-order valence-corrected chi connectivity index (χ1v) is 9.68. The molecule has 2 aromatic carbocycles. The van der Waals surface area contributed by atoms with Crippen molar-refractivity contribution in [3.05, 3.63) is 48.0 Å². The van der Waals surface area contributed by atoms with Crippen LogP contribution in [0, 0.1) is 0 Å². The van der Waals surface area contributed by atoms with Gasteiger partial charge in [-0.3, -0.25) is 9.69 Å². The van der Waals surface area contributed by atoms with E-state index in [1.165, 1.54) is 0 Å². The molecule has 150 valence electrons. The third-order valence-corrected chi connectivity index (χ3v) is 4.86. The molecule has 1 aliphatic rings. The summed E-state index contributed by atoms with van der Waals surface area (Å²) in [6.07, 6.45) is 1.16. The number of rotatable bonds is 4. The monoisotopic (exact) mass is 384 g/mol. The molecule has 1 aliphatic heterocycles. The zero-order valence-corrected chi connectivity index (χ0v) is 16.6. The SMILES string of the molecule is CC(C)(C)OC(=O)N[C@H]1CCCN([C@@H](C(=O)O)c2ccc3ccccc3c2)C1. The normalized spacial score (nSPS) is 19.2. The Balaban J connectivity index is 1.76. The van der Waals surface area contributed by atoms with Crippen molar-refractivity contribution < 1.29 is 19.4 Å². The number of hydrogen-bond donors (Lipinski definition) is 2. The summed E-state index contributed by atoms with van der Waals surface area (Å²) < 4.78 is 5.33. The van der Waals surface area contributed by atoms with Gasteiger partial charge in [0.05, 0.1) is 0 Å². The topological polar surface area (TPSA) is 78.9 Å². The molecule has 1 fully saturated rings. The molecule has 0 saturated carbocycles. The fraction of sp³-hybridized carbons (Fsp3) is 0.455. The van der Waals surface area contributed by atoms with Crippen molar-refractivity contribution in [3.8, 4) is 0 Å². The average molecular weight is 384 g/mol. The first-order chi connectivity index (χ1) is 13.2. The zero-order valence-electron chi connectivity index (χ0n) is 16.6. The number of likely N-dealkylation sites (tertiary alicyclic amines) is 1. The summed E-state index contributed by atoms with van der Waals surface area (Å²) in [5.41, 5.74) is 0.191. The molecule has 28 heavy (non-hydrogen) atoms. The van der Waals surface area contributed by atoms with Crippen molar-refractivity contribution in [1.29, 1.82) is 0 Å². The van der Waals surface area contributed by atoms with Crippen molar-refractivity contribution in [2.24, 2.45) is 0 Å². The Bertz CT molecular complexity index is 859. The van der Waals surface area contributed by atoms with Crippen LogP contribution in [0.1, 0.15) is 45.2 Å². The van der Waals surface area contributed by atoms with Crippen molar-refractivity contribution >= 4 is 22.8 Å². The number of piperidine rings is 1. The van der Waals surface area contributed by atoms with Gasteiger partial charge in [0.15, 0.2) is 0 Å². The van der Waals surface area contributed by atoms with Crippen LogP contribution >= 0.6 is 0 Å². The van der Waals surface area contributed by atoms with Crippen molar-refractivity contribution in [2.45, 2.75) is 51.3 Å². The predicted molar refractivity (Wildman–Crippen MR) is 108 cm³/mol. The number of amides is 1. The highest BCUT2D eigenvalue weighted by atomic mass is 16.6. The summed E-state index contributed by atoms with van der Waals surface area (Å²) >= 11 is 0. The second-order valence-electron chi connectivity index (χ2n) is 8.33. The molecular formula is C22H28N2O4. The van der Waals surface area contributed by atoms with Gasteiger partial charge >= 0.3 is 12.1 Å². The molecular weight excluding hydrogens is 356 g/mol. The average Bonchev–Trinajstić information content (AvgIpc) is 2.60. The van der Waals surface area contributed by atoms with Gasteiger partial charge in [0, 0.05) is 12.6 Å². The number of nitrogens with one attached hydrogen (secondary N) is 1. The number of benzene rings is 2. The first-order valence-electron chi connectivity index (χ1n) is 9.68. The van der Waals surface area contributed by atoms with E-state index in [2.05, 4.69) is 5.32 Å². The van der Waals surface area contributed by atoms with Crippen LogP contribution in [0.3, 0.4) is 0 Å². The van der Waals surface area contributed by atoms with E-state index >= 15 is 0 Å². The van der Waals surface area contributed by atoms with Gasteiger partial charge < -0.3 is 15.2 Å². The molecule has 0 bridgehead atoms. The third kappa shape index (κ3) is 5.01. The smallest absolute Gasteiger partial charge is 0.407 e. The Morgan fingerprint density at radius 2 is 1.89 bits per heavy atom. The molecule has 3 rings (SSSR count). The van der Waals surface area contributed by atoms with E-state index in [0.717, 1.165) is 29.2 Å². The van der Waals surface area contributed by atoms with E-state index in [0.29, 0.717) is 13.1 Å². The lowest BCUT2D eigenvalue weighted by Crippen LogP contribution is -2.50. The number of fused-ring (bicyclic) bond motifs is 1. The van der Waals surface area contributed by atoms with Gasteiger partial charge in [-0.15, -0.1) is 0 Å². The Morgan fingerprint density at radius 3 is 2.57 bits per heavy atom. The number of carbonyl (C=O) groups excluding carboxylic acids is 1. The van der Waals surface area contributed by atoms with E-state index < -0.39 is 23.7 Å². The highest BCUT2D eigenvalue weighted by molar-refractivity contribution is 5.85. The molecule has 6 nitrogen and oxygen atoms in total. The number of alkyl carbamates (subject to hydrolysis) is 1. The third-order valence-electron chi connectivity index (χ3n) is 4.86. The van der Waals surface area contributed by atoms with Crippen LogP contribution in [0.15, 0.2) is 42.5 Å². The fourth-order valence-electron chi connectivity index (χ4n) is 3.72. The number of ether oxygens (including phenoxy) is 1. The molecule has 1 heterocycles. The van der Waals surface area contributed by atoms with Gasteiger partial charge in [-0.25, -0.2) is 4.79 Å². The number of carboxylic acids is 1. The molecule has 6 heteroatoms. The zero-order chi connectivity index (χ0) is 20.3. The van der Waals surface area contributed by atoms with Crippen LogP contribution in [0.5, 0.6) is 0 Å². The van der Waals surface area contributed by atoms with Gasteiger partial charge in [0.2, 0.25) is 0 Å². The van der Waals surface area contributed by atoms with Crippen LogP contribution in [0.4, 0.5) is 4.79 Å². The quantitative estimate of drug-likeness (QED) is 0.834. The van der Waals surface area contributed by atoms with E-state index in [9.17, 15) is 14.7 Å². The molecule has 0 spiro atoms. The van der Waals surface area contributed by atoms with Gasteiger partial charge in [0.1, 0.15) is 11.6 Å². The molecule has 0 radical (unpaired) electrons. The summed E-state index contributed by atoms with van der Waals surface area (Å²) in [5, 5.41) is 14.9. The first kappa shape index (κ1) is 20.1. The maximum absolute atomic E-state index is 12.1. The summed E-state index contributed by atoms with van der Waals surface area (Å²) in [6, 6.07) is 12.8. The van der Waals surface area contributed by atoms with E-state index in [4.69, 9.17) is 4.74 Å². The minimum atomic E-state index is -0.881. The minimum absolute atomic E-state index is 0.133. The maximum atomic E-state index is 12.1. The van der Waals surface area contributed by atoms with Crippen LogP contribution < -0.4 is 5.32 Å². The maximum Gasteiger partial charge on any atom is 0.407 e. The van der Waals surface area contributed by atoms with Crippen molar-refractivity contribution in [1.82, 2.24) is 10.2 Å². The van der Waals surface area contributed by atoms with Gasteiger partial charge in [0.25, 0.3) is 0 Å². The van der Waals surface area contributed by atoms with E-state index in [1.807, 2.05) is 68.1 Å². The fourth-order valence-corrected chi connectivity index (χ4v) is 3.72. The number of aliphatic carboxylic acids is 1. The molecule has 0 aromatic heterocycles. The summed E-state index contributed by atoms with van der Waals surface area (Å²) in [7, 11) is 0. The molecule has 2 N–H and O–H groups in total. The standard InChI is InChI=1S/C22H28N2O4/c1-22(2,3)28-21(27)23-18-9-6-12-24(14-18)19(20(25)26)17-11-10-15-7-4-5-8-16(15)13-17/h4-5,7-8,10-11,13,18-19H,6,9,12,14H2,1-3H3,(H,23,27)(H,25,26)/t18-,19+/m0/s1. The Kier molecular flexibility index (Phi) is 5.89. The number of nitrogens with zero attached hydrogens (tertiary/aromatic N) is 1.